The number of halogens is 1. The minimum Gasteiger partial charge on any atom is -0.318 e. The molecule has 0 saturated heterocycles. The lowest BCUT2D eigenvalue weighted by atomic mass is 10.2. The average molecular weight is 267 g/mol. The molecule has 1 aromatic carbocycles. The number of aryl methyl sites for hydroxylation is 1. The molecular formula is C13H15ClN2S. The van der Waals surface area contributed by atoms with Crippen LogP contribution in [0.3, 0.4) is 0 Å². The predicted octanol–water partition coefficient (Wildman–Crippen LogP) is 4.35. The second-order valence-corrected chi connectivity index (χ2v) is 4.94. The molecule has 0 atom stereocenters. The molecular weight excluding hydrogens is 252 g/mol. The molecule has 0 unspecified atom stereocenters. The SMILES string of the molecule is CCN(c1cccc(C)c1)c1nc(CCl)cs1. The van der Waals surface area contributed by atoms with Gasteiger partial charge in [0.15, 0.2) is 5.13 Å². The van der Waals surface area contributed by atoms with E-state index in [0.717, 1.165) is 17.4 Å². The van der Waals surface area contributed by atoms with Gasteiger partial charge < -0.3 is 4.90 Å². The van der Waals surface area contributed by atoms with Gasteiger partial charge in [-0.25, -0.2) is 4.98 Å². The van der Waals surface area contributed by atoms with E-state index in [1.54, 1.807) is 11.3 Å². The summed E-state index contributed by atoms with van der Waals surface area (Å²) in [5.74, 6) is 0.474. The van der Waals surface area contributed by atoms with Gasteiger partial charge >= 0.3 is 0 Å². The largest absolute Gasteiger partial charge is 0.318 e. The van der Waals surface area contributed by atoms with E-state index < -0.39 is 0 Å². The van der Waals surface area contributed by atoms with Gasteiger partial charge in [-0.2, -0.15) is 0 Å². The van der Waals surface area contributed by atoms with Crippen LogP contribution in [0.4, 0.5) is 10.8 Å². The molecule has 2 rings (SSSR count). The molecule has 1 heterocycles. The molecule has 2 nitrogen and oxygen atoms in total. The summed E-state index contributed by atoms with van der Waals surface area (Å²) in [6.07, 6.45) is 0. The number of alkyl halides is 1. The summed E-state index contributed by atoms with van der Waals surface area (Å²) < 4.78 is 0. The Morgan fingerprint density at radius 3 is 2.82 bits per heavy atom. The zero-order valence-electron chi connectivity index (χ0n) is 9.98. The molecule has 90 valence electrons. The molecule has 2 aromatic rings. The molecule has 0 amide bonds. The van der Waals surface area contributed by atoms with Crippen molar-refractivity contribution in [2.45, 2.75) is 19.7 Å². The standard InChI is InChI=1S/C13H15ClN2S/c1-3-16(12-6-4-5-10(2)7-12)13-15-11(8-14)9-17-13/h4-7,9H,3,8H2,1-2H3. The van der Waals surface area contributed by atoms with Crippen LogP contribution in [0.25, 0.3) is 0 Å². The second kappa shape index (κ2) is 5.52. The Morgan fingerprint density at radius 1 is 1.41 bits per heavy atom. The van der Waals surface area contributed by atoms with Gasteiger partial charge in [0.25, 0.3) is 0 Å². The molecule has 0 N–H and O–H groups in total. The number of hydrogen-bond donors (Lipinski definition) is 0. The fourth-order valence-corrected chi connectivity index (χ4v) is 2.84. The van der Waals surface area contributed by atoms with Gasteiger partial charge in [0.05, 0.1) is 11.6 Å². The number of thiazole rings is 1. The van der Waals surface area contributed by atoms with E-state index in [4.69, 9.17) is 11.6 Å². The summed E-state index contributed by atoms with van der Waals surface area (Å²) in [7, 11) is 0. The summed E-state index contributed by atoms with van der Waals surface area (Å²) in [5.41, 5.74) is 3.39. The van der Waals surface area contributed by atoms with Crippen molar-refractivity contribution >= 4 is 33.8 Å². The normalized spacial score (nSPS) is 10.5. The van der Waals surface area contributed by atoms with Crippen LogP contribution < -0.4 is 4.90 Å². The van der Waals surface area contributed by atoms with Crippen LogP contribution in [0.1, 0.15) is 18.2 Å². The van der Waals surface area contributed by atoms with Crippen molar-refractivity contribution in [2.24, 2.45) is 0 Å². The van der Waals surface area contributed by atoms with E-state index in [9.17, 15) is 0 Å². The van der Waals surface area contributed by atoms with Crippen LogP contribution in [-0.4, -0.2) is 11.5 Å². The maximum Gasteiger partial charge on any atom is 0.190 e. The zero-order valence-corrected chi connectivity index (χ0v) is 11.6. The molecule has 0 aliphatic heterocycles. The molecule has 0 saturated carbocycles. The molecule has 0 aliphatic rings. The van der Waals surface area contributed by atoms with Gasteiger partial charge in [-0.15, -0.1) is 22.9 Å². The first-order valence-corrected chi connectivity index (χ1v) is 7.00. The quantitative estimate of drug-likeness (QED) is 0.765. The van der Waals surface area contributed by atoms with Gasteiger partial charge in [0, 0.05) is 17.6 Å². The van der Waals surface area contributed by atoms with Crippen molar-refractivity contribution in [1.29, 1.82) is 0 Å². The van der Waals surface area contributed by atoms with Gasteiger partial charge in [0.1, 0.15) is 0 Å². The van der Waals surface area contributed by atoms with E-state index in [1.165, 1.54) is 11.3 Å². The maximum atomic E-state index is 5.79. The first-order valence-electron chi connectivity index (χ1n) is 5.59. The third-order valence-electron chi connectivity index (χ3n) is 2.54. The number of aromatic nitrogens is 1. The number of nitrogens with zero attached hydrogens (tertiary/aromatic N) is 2. The van der Waals surface area contributed by atoms with E-state index in [0.29, 0.717) is 5.88 Å². The predicted molar refractivity (Wildman–Crippen MR) is 75.5 cm³/mol. The summed E-state index contributed by atoms with van der Waals surface area (Å²) in [6.45, 7) is 5.13. The van der Waals surface area contributed by atoms with Crippen LogP contribution in [0.15, 0.2) is 29.6 Å². The fraction of sp³-hybridized carbons (Fsp3) is 0.308. The van der Waals surface area contributed by atoms with Crippen molar-refractivity contribution in [2.75, 3.05) is 11.4 Å². The van der Waals surface area contributed by atoms with Gasteiger partial charge in [-0.05, 0) is 31.5 Å². The van der Waals surface area contributed by atoms with Crippen molar-refractivity contribution in [3.05, 3.63) is 40.9 Å². The van der Waals surface area contributed by atoms with E-state index in [1.807, 2.05) is 5.38 Å². The van der Waals surface area contributed by atoms with Gasteiger partial charge in [-0.1, -0.05) is 12.1 Å². The molecule has 0 bridgehead atoms. The second-order valence-electron chi connectivity index (χ2n) is 3.84. The van der Waals surface area contributed by atoms with E-state index in [2.05, 4.69) is 48.0 Å². The third-order valence-corrected chi connectivity index (χ3v) is 3.72. The smallest absolute Gasteiger partial charge is 0.190 e. The molecule has 1 aromatic heterocycles. The monoisotopic (exact) mass is 266 g/mol. The minimum atomic E-state index is 0.474. The van der Waals surface area contributed by atoms with Crippen molar-refractivity contribution in [3.63, 3.8) is 0 Å². The van der Waals surface area contributed by atoms with Crippen molar-refractivity contribution < 1.29 is 0 Å². The molecule has 0 radical (unpaired) electrons. The zero-order chi connectivity index (χ0) is 12.3. The Hall–Kier alpha value is -1.06. The number of hydrogen-bond acceptors (Lipinski definition) is 3. The number of anilines is 2. The molecule has 4 heteroatoms. The third kappa shape index (κ3) is 2.79. The number of rotatable bonds is 4. The Bertz CT molecular complexity index is 496. The van der Waals surface area contributed by atoms with Crippen LogP contribution in [0.2, 0.25) is 0 Å². The first-order chi connectivity index (χ1) is 8.24. The highest BCUT2D eigenvalue weighted by molar-refractivity contribution is 7.13. The number of benzene rings is 1. The highest BCUT2D eigenvalue weighted by Crippen LogP contribution is 2.29. The van der Waals surface area contributed by atoms with Gasteiger partial charge in [-0.3, -0.25) is 0 Å². The summed E-state index contributed by atoms with van der Waals surface area (Å²) in [6, 6.07) is 8.45. The maximum absolute atomic E-state index is 5.79. The minimum absolute atomic E-state index is 0.474. The lowest BCUT2D eigenvalue weighted by molar-refractivity contribution is 1.00. The molecule has 0 spiro atoms. The molecule has 0 fully saturated rings. The summed E-state index contributed by atoms with van der Waals surface area (Å²) in [4.78, 5) is 6.72. The van der Waals surface area contributed by atoms with Crippen LogP contribution in [0, 0.1) is 6.92 Å². The van der Waals surface area contributed by atoms with Crippen LogP contribution >= 0.6 is 22.9 Å². The fourth-order valence-electron chi connectivity index (χ4n) is 1.71. The Balaban J connectivity index is 2.33. The molecule has 0 aliphatic carbocycles. The Kier molecular flexibility index (Phi) is 4.02. The highest BCUT2D eigenvalue weighted by atomic mass is 35.5. The Morgan fingerprint density at radius 2 is 2.24 bits per heavy atom. The molecule has 17 heavy (non-hydrogen) atoms. The van der Waals surface area contributed by atoms with Crippen molar-refractivity contribution in [3.8, 4) is 0 Å². The topological polar surface area (TPSA) is 16.1 Å². The first kappa shape index (κ1) is 12.4. The lowest BCUT2D eigenvalue weighted by Crippen LogP contribution is -2.15. The lowest BCUT2D eigenvalue weighted by Gasteiger charge is -2.20. The summed E-state index contributed by atoms with van der Waals surface area (Å²) >= 11 is 7.42. The van der Waals surface area contributed by atoms with Crippen LogP contribution in [0.5, 0.6) is 0 Å². The summed E-state index contributed by atoms with van der Waals surface area (Å²) in [5, 5.41) is 3.02. The van der Waals surface area contributed by atoms with Crippen LogP contribution in [-0.2, 0) is 5.88 Å². The van der Waals surface area contributed by atoms with Crippen molar-refractivity contribution in [1.82, 2.24) is 4.98 Å². The van der Waals surface area contributed by atoms with E-state index >= 15 is 0 Å². The van der Waals surface area contributed by atoms with E-state index in [-0.39, 0.29) is 0 Å². The average Bonchev–Trinajstić information content (AvgIpc) is 2.79. The van der Waals surface area contributed by atoms with Gasteiger partial charge in [0.2, 0.25) is 0 Å². The Labute approximate surface area is 111 Å². The highest BCUT2D eigenvalue weighted by Gasteiger charge is 2.11.